The van der Waals surface area contributed by atoms with E-state index in [0.29, 0.717) is 0 Å². The molecule has 0 aliphatic carbocycles. The number of primary amides is 2. The van der Waals surface area contributed by atoms with Gasteiger partial charge in [-0.3, -0.25) is 9.59 Å². The van der Waals surface area contributed by atoms with Gasteiger partial charge in [0, 0.05) is 19.7 Å². The molecule has 0 atom stereocenters. The van der Waals surface area contributed by atoms with Gasteiger partial charge < -0.3 is 22.1 Å². The van der Waals surface area contributed by atoms with Crippen LogP contribution in [0.25, 0.3) is 5.69 Å². The first-order chi connectivity index (χ1) is 10.6. The number of hydrogen-bond donors (Lipinski definition) is 3. The van der Waals surface area contributed by atoms with Crippen molar-refractivity contribution in [1.29, 1.82) is 0 Å². The molecule has 0 fully saturated rings. The Morgan fingerprint density at radius 1 is 1.13 bits per heavy atom. The number of carbonyl (C=O) groups is 2. The second-order valence-corrected chi connectivity index (χ2v) is 5.72. The zero-order valence-electron chi connectivity index (χ0n) is 12.3. The molecule has 0 aliphatic heterocycles. The van der Waals surface area contributed by atoms with Crippen LogP contribution in [0, 0.1) is 0 Å². The maximum atomic E-state index is 11.6. The fourth-order valence-electron chi connectivity index (χ4n) is 2.05. The zero-order valence-corrected chi connectivity index (χ0v) is 13.8. The third-order valence-electron chi connectivity index (χ3n) is 3.09. The monoisotopic (exact) mass is 356 g/mol. The van der Waals surface area contributed by atoms with Crippen molar-refractivity contribution < 1.29 is 9.59 Å². The topological polar surface area (TPSA) is 133 Å². The summed E-state index contributed by atoms with van der Waals surface area (Å²) < 4.78 is 1.20. The molecule has 1 heterocycles. The van der Waals surface area contributed by atoms with Gasteiger partial charge in [0.15, 0.2) is 5.82 Å². The summed E-state index contributed by atoms with van der Waals surface area (Å²) in [5, 5.41) is 4.43. The lowest BCUT2D eigenvalue weighted by atomic mass is 10.2. The van der Waals surface area contributed by atoms with Crippen LogP contribution in [-0.2, 0) is 0 Å². The molecule has 0 saturated heterocycles. The first-order valence-corrected chi connectivity index (χ1v) is 7.05. The Morgan fingerprint density at radius 3 is 2.00 bits per heavy atom. The van der Waals surface area contributed by atoms with Gasteiger partial charge in [-0.1, -0.05) is 23.2 Å². The van der Waals surface area contributed by atoms with E-state index in [1.54, 1.807) is 19.0 Å². The molecule has 0 spiro atoms. The standard InChI is InChI=1S/C13H14Cl2N6O2/c1-20(2)13-8(12(18)23)10(16)21(19-13)9-6(14)3-5(11(17)22)4-7(9)15/h3-4H,16H2,1-2H3,(H2,17,22)(H2,18,23). The predicted octanol–water partition coefficient (Wildman–Crippen LogP) is 1.03. The lowest BCUT2D eigenvalue weighted by molar-refractivity contribution is 0.0992. The molecule has 6 N–H and O–H groups in total. The molecule has 0 unspecified atom stereocenters. The summed E-state index contributed by atoms with van der Waals surface area (Å²) in [6.45, 7) is 0. The Morgan fingerprint density at radius 2 is 1.65 bits per heavy atom. The molecule has 23 heavy (non-hydrogen) atoms. The van der Waals surface area contributed by atoms with Gasteiger partial charge in [0.2, 0.25) is 5.91 Å². The summed E-state index contributed by atoms with van der Waals surface area (Å²) in [7, 11) is 3.36. The third-order valence-corrected chi connectivity index (χ3v) is 3.66. The van der Waals surface area contributed by atoms with Crippen molar-refractivity contribution >= 4 is 46.7 Å². The van der Waals surface area contributed by atoms with Crippen LogP contribution >= 0.6 is 23.2 Å². The third kappa shape index (κ3) is 2.90. The molecule has 0 aliphatic rings. The van der Waals surface area contributed by atoms with Crippen LogP contribution in [0.1, 0.15) is 20.7 Å². The molecule has 10 heteroatoms. The fraction of sp³-hybridized carbons (Fsp3) is 0.154. The normalized spacial score (nSPS) is 10.6. The number of nitrogens with zero attached hydrogens (tertiary/aromatic N) is 3. The first kappa shape index (κ1) is 16.9. The van der Waals surface area contributed by atoms with Crippen LogP contribution in [0.3, 0.4) is 0 Å². The maximum Gasteiger partial charge on any atom is 0.256 e. The second kappa shape index (κ2) is 5.98. The second-order valence-electron chi connectivity index (χ2n) is 4.91. The van der Waals surface area contributed by atoms with Gasteiger partial charge in [0.05, 0.1) is 10.0 Å². The molecule has 0 saturated carbocycles. The summed E-state index contributed by atoms with van der Waals surface area (Å²) in [4.78, 5) is 24.5. The minimum Gasteiger partial charge on any atom is -0.383 e. The van der Waals surface area contributed by atoms with Crippen LogP contribution in [0.4, 0.5) is 11.6 Å². The largest absolute Gasteiger partial charge is 0.383 e. The number of hydrogen-bond acceptors (Lipinski definition) is 5. The van der Waals surface area contributed by atoms with Gasteiger partial charge >= 0.3 is 0 Å². The molecule has 0 bridgehead atoms. The molecule has 1 aromatic carbocycles. The summed E-state index contributed by atoms with van der Waals surface area (Å²) in [5.41, 5.74) is 16.9. The molecule has 2 rings (SSSR count). The van der Waals surface area contributed by atoms with Gasteiger partial charge in [-0.2, -0.15) is 0 Å². The van der Waals surface area contributed by atoms with E-state index >= 15 is 0 Å². The molecular formula is C13H14Cl2N6O2. The lowest BCUT2D eigenvalue weighted by Gasteiger charge is -2.11. The summed E-state index contributed by atoms with van der Waals surface area (Å²) >= 11 is 12.3. The lowest BCUT2D eigenvalue weighted by Crippen LogP contribution is -2.18. The Bertz CT molecular complexity index is 792. The highest BCUT2D eigenvalue weighted by Gasteiger charge is 2.25. The summed E-state index contributed by atoms with van der Waals surface area (Å²) in [5.74, 6) is -1.17. The van der Waals surface area contributed by atoms with Crippen LogP contribution in [0.5, 0.6) is 0 Å². The highest BCUT2D eigenvalue weighted by atomic mass is 35.5. The van der Waals surface area contributed by atoms with Crippen LogP contribution < -0.4 is 22.1 Å². The number of carbonyl (C=O) groups excluding carboxylic acids is 2. The average molecular weight is 357 g/mol. The van der Waals surface area contributed by atoms with Crippen molar-refractivity contribution in [1.82, 2.24) is 9.78 Å². The van der Waals surface area contributed by atoms with E-state index < -0.39 is 11.8 Å². The zero-order chi connectivity index (χ0) is 17.5. The van der Waals surface area contributed by atoms with Gasteiger partial charge in [-0.05, 0) is 12.1 Å². The molecule has 2 aromatic rings. The van der Waals surface area contributed by atoms with Crippen molar-refractivity contribution in [3.05, 3.63) is 33.3 Å². The number of halogens is 2. The fourth-order valence-corrected chi connectivity index (χ4v) is 2.70. The Kier molecular flexibility index (Phi) is 4.39. The Hall–Kier alpha value is -2.45. The molecule has 2 amide bonds. The SMILES string of the molecule is CN(C)c1nn(-c2c(Cl)cc(C(N)=O)cc2Cl)c(N)c1C(N)=O. The molecule has 0 radical (unpaired) electrons. The van der Waals surface area contributed by atoms with Gasteiger partial charge in [-0.15, -0.1) is 5.10 Å². The Labute approximate surface area is 141 Å². The average Bonchev–Trinajstić information content (AvgIpc) is 2.76. The van der Waals surface area contributed by atoms with Crippen molar-refractivity contribution in [2.24, 2.45) is 11.5 Å². The summed E-state index contributed by atoms with van der Waals surface area (Å²) in [6.07, 6.45) is 0. The van der Waals surface area contributed by atoms with Crippen LogP contribution in [0.15, 0.2) is 12.1 Å². The van der Waals surface area contributed by atoms with Crippen molar-refractivity contribution in [3.63, 3.8) is 0 Å². The van der Waals surface area contributed by atoms with Crippen molar-refractivity contribution in [3.8, 4) is 5.69 Å². The number of rotatable bonds is 4. The van der Waals surface area contributed by atoms with E-state index in [1.807, 2.05) is 0 Å². The number of nitrogen functional groups attached to an aromatic ring is 1. The minimum atomic E-state index is -0.738. The number of anilines is 2. The molecule has 1 aromatic heterocycles. The van der Waals surface area contributed by atoms with E-state index in [9.17, 15) is 9.59 Å². The summed E-state index contributed by atoms with van der Waals surface area (Å²) in [6, 6.07) is 2.68. The van der Waals surface area contributed by atoms with E-state index in [-0.39, 0.29) is 38.5 Å². The predicted molar refractivity (Wildman–Crippen MR) is 89.4 cm³/mol. The minimum absolute atomic E-state index is 0.0168. The van der Waals surface area contributed by atoms with Gasteiger partial charge in [0.1, 0.15) is 17.1 Å². The van der Waals surface area contributed by atoms with E-state index in [0.717, 1.165) is 0 Å². The van der Waals surface area contributed by atoms with E-state index in [2.05, 4.69) is 5.10 Å². The number of amides is 2. The molecular weight excluding hydrogens is 343 g/mol. The molecule has 122 valence electrons. The van der Waals surface area contributed by atoms with Crippen LogP contribution in [0.2, 0.25) is 10.0 Å². The number of benzene rings is 1. The van der Waals surface area contributed by atoms with E-state index in [4.69, 9.17) is 40.4 Å². The maximum absolute atomic E-state index is 11.6. The Balaban J connectivity index is 2.76. The number of aromatic nitrogens is 2. The highest BCUT2D eigenvalue weighted by molar-refractivity contribution is 6.38. The quantitative estimate of drug-likeness (QED) is 0.751. The smallest absolute Gasteiger partial charge is 0.256 e. The van der Waals surface area contributed by atoms with Gasteiger partial charge in [0.25, 0.3) is 5.91 Å². The van der Waals surface area contributed by atoms with Gasteiger partial charge in [-0.25, -0.2) is 4.68 Å². The van der Waals surface area contributed by atoms with Crippen molar-refractivity contribution in [2.45, 2.75) is 0 Å². The number of nitrogens with two attached hydrogens (primary N) is 3. The van der Waals surface area contributed by atoms with Crippen LogP contribution in [-0.4, -0.2) is 35.7 Å². The van der Waals surface area contributed by atoms with Crippen molar-refractivity contribution in [2.75, 3.05) is 24.7 Å². The first-order valence-electron chi connectivity index (χ1n) is 6.30. The highest BCUT2D eigenvalue weighted by Crippen LogP contribution is 2.34. The molecule has 8 nitrogen and oxygen atoms in total. The van der Waals surface area contributed by atoms with E-state index in [1.165, 1.54) is 16.8 Å².